The van der Waals surface area contributed by atoms with E-state index in [1.54, 1.807) is 13.8 Å². The third-order valence-electron chi connectivity index (χ3n) is 3.41. The lowest BCUT2D eigenvalue weighted by Gasteiger charge is -2.36. The zero-order valence-corrected chi connectivity index (χ0v) is 9.74. The standard InChI is InChI=1S/C11H22O3/c1-6-8(4)9(5)11(14,7(2)3)10(12)13/h7-9,14H,6H2,1-5H3,(H,12,13). The zero-order chi connectivity index (χ0) is 11.5. The van der Waals surface area contributed by atoms with Gasteiger partial charge in [0, 0.05) is 0 Å². The van der Waals surface area contributed by atoms with Crippen LogP contribution in [0.5, 0.6) is 0 Å². The minimum absolute atomic E-state index is 0.207. The van der Waals surface area contributed by atoms with Crippen LogP contribution in [0.3, 0.4) is 0 Å². The third kappa shape index (κ3) is 2.27. The molecule has 0 saturated carbocycles. The minimum atomic E-state index is -1.60. The Balaban J connectivity index is 4.92. The third-order valence-corrected chi connectivity index (χ3v) is 3.41. The van der Waals surface area contributed by atoms with E-state index in [9.17, 15) is 9.90 Å². The average molecular weight is 202 g/mol. The lowest BCUT2D eigenvalue weighted by molar-refractivity contribution is -0.173. The Hall–Kier alpha value is -0.570. The van der Waals surface area contributed by atoms with Crippen molar-refractivity contribution >= 4 is 5.97 Å². The molecule has 0 aromatic carbocycles. The topological polar surface area (TPSA) is 57.5 Å². The highest BCUT2D eigenvalue weighted by Gasteiger charge is 2.46. The van der Waals surface area contributed by atoms with Gasteiger partial charge in [0.05, 0.1) is 0 Å². The van der Waals surface area contributed by atoms with E-state index in [4.69, 9.17) is 5.11 Å². The highest BCUT2D eigenvalue weighted by Crippen LogP contribution is 2.33. The summed E-state index contributed by atoms with van der Waals surface area (Å²) in [7, 11) is 0. The van der Waals surface area contributed by atoms with Crippen molar-refractivity contribution in [1.82, 2.24) is 0 Å². The van der Waals surface area contributed by atoms with E-state index in [2.05, 4.69) is 0 Å². The molecule has 3 atom stereocenters. The van der Waals surface area contributed by atoms with Crippen molar-refractivity contribution in [3.63, 3.8) is 0 Å². The molecular weight excluding hydrogens is 180 g/mol. The average Bonchev–Trinajstić information content (AvgIpc) is 2.13. The van der Waals surface area contributed by atoms with Crippen molar-refractivity contribution in [3.8, 4) is 0 Å². The largest absolute Gasteiger partial charge is 0.479 e. The summed E-state index contributed by atoms with van der Waals surface area (Å²) in [5.74, 6) is -1.41. The first-order chi connectivity index (χ1) is 6.28. The van der Waals surface area contributed by atoms with Crippen molar-refractivity contribution in [3.05, 3.63) is 0 Å². The first-order valence-electron chi connectivity index (χ1n) is 5.24. The second kappa shape index (κ2) is 4.78. The molecule has 0 aromatic heterocycles. The number of carboxylic acid groups (broad SMARTS) is 1. The van der Waals surface area contributed by atoms with Crippen LogP contribution in [0, 0.1) is 17.8 Å². The van der Waals surface area contributed by atoms with Gasteiger partial charge in [0.15, 0.2) is 5.60 Å². The Bertz CT molecular complexity index is 201. The Morgan fingerprint density at radius 1 is 1.29 bits per heavy atom. The molecule has 0 aliphatic carbocycles. The second-order valence-corrected chi connectivity index (χ2v) is 4.46. The van der Waals surface area contributed by atoms with Crippen LogP contribution in [0.15, 0.2) is 0 Å². The van der Waals surface area contributed by atoms with Crippen molar-refractivity contribution < 1.29 is 15.0 Å². The van der Waals surface area contributed by atoms with Gasteiger partial charge in [-0.25, -0.2) is 4.79 Å². The van der Waals surface area contributed by atoms with E-state index in [-0.39, 0.29) is 17.8 Å². The minimum Gasteiger partial charge on any atom is -0.479 e. The number of aliphatic hydroxyl groups is 1. The summed E-state index contributed by atoms with van der Waals surface area (Å²) in [6.07, 6.45) is 0.878. The molecular formula is C11H22O3. The predicted octanol–water partition coefficient (Wildman–Crippen LogP) is 2.14. The normalized spacial score (nSPS) is 20.2. The molecule has 0 aromatic rings. The molecule has 0 aliphatic heterocycles. The van der Waals surface area contributed by atoms with Crippen LogP contribution in [0.2, 0.25) is 0 Å². The number of hydrogen-bond donors (Lipinski definition) is 2. The van der Waals surface area contributed by atoms with Crippen LogP contribution in [-0.4, -0.2) is 21.8 Å². The molecule has 0 spiro atoms. The summed E-state index contributed by atoms with van der Waals surface area (Å²) in [5.41, 5.74) is -1.60. The molecule has 3 unspecified atom stereocenters. The zero-order valence-electron chi connectivity index (χ0n) is 9.74. The first kappa shape index (κ1) is 13.4. The lowest BCUT2D eigenvalue weighted by Crippen LogP contribution is -2.51. The number of carbonyl (C=O) groups is 1. The van der Waals surface area contributed by atoms with E-state index in [1.165, 1.54) is 0 Å². The van der Waals surface area contributed by atoms with Gasteiger partial charge >= 0.3 is 5.97 Å². The highest BCUT2D eigenvalue weighted by molar-refractivity contribution is 5.77. The molecule has 0 saturated heterocycles. The van der Waals surface area contributed by atoms with Crippen LogP contribution in [0.25, 0.3) is 0 Å². The number of carboxylic acids is 1. The van der Waals surface area contributed by atoms with Gasteiger partial charge in [-0.15, -0.1) is 0 Å². The monoisotopic (exact) mass is 202 g/mol. The van der Waals surface area contributed by atoms with Crippen LogP contribution < -0.4 is 0 Å². The van der Waals surface area contributed by atoms with E-state index >= 15 is 0 Å². The SMILES string of the molecule is CCC(C)C(C)C(O)(C(=O)O)C(C)C. The fourth-order valence-corrected chi connectivity index (χ4v) is 1.75. The van der Waals surface area contributed by atoms with Gasteiger partial charge in [0.2, 0.25) is 0 Å². The van der Waals surface area contributed by atoms with Crippen molar-refractivity contribution in [2.24, 2.45) is 17.8 Å². The van der Waals surface area contributed by atoms with Gasteiger partial charge in [-0.1, -0.05) is 41.0 Å². The highest BCUT2D eigenvalue weighted by atomic mass is 16.4. The number of rotatable bonds is 5. The summed E-state index contributed by atoms with van der Waals surface area (Å²) >= 11 is 0. The quantitative estimate of drug-likeness (QED) is 0.718. The Morgan fingerprint density at radius 3 is 1.93 bits per heavy atom. The van der Waals surface area contributed by atoms with Gasteiger partial charge in [0.25, 0.3) is 0 Å². The summed E-state index contributed by atoms with van der Waals surface area (Å²) in [4.78, 5) is 11.1. The molecule has 0 rings (SSSR count). The maximum atomic E-state index is 11.1. The molecule has 0 bridgehead atoms. The van der Waals surface area contributed by atoms with Gasteiger partial charge in [-0.2, -0.15) is 0 Å². The molecule has 14 heavy (non-hydrogen) atoms. The molecule has 84 valence electrons. The number of hydrogen-bond acceptors (Lipinski definition) is 2. The maximum absolute atomic E-state index is 11.1. The smallest absolute Gasteiger partial charge is 0.336 e. The molecule has 3 heteroatoms. The molecule has 0 aliphatic rings. The van der Waals surface area contributed by atoms with Crippen molar-refractivity contribution in [1.29, 1.82) is 0 Å². The van der Waals surface area contributed by atoms with E-state index in [0.29, 0.717) is 0 Å². The van der Waals surface area contributed by atoms with Gasteiger partial charge in [-0.3, -0.25) is 0 Å². The second-order valence-electron chi connectivity index (χ2n) is 4.46. The van der Waals surface area contributed by atoms with Gasteiger partial charge < -0.3 is 10.2 Å². The maximum Gasteiger partial charge on any atom is 0.336 e. The van der Waals surface area contributed by atoms with Crippen LogP contribution >= 0.6 is 0 Å². The Morgan fingerprint density at radius 2 is 1.71 bits per heavy atom. The molecule has 0 heterocycles. The Labute approximate surface area is 86.1 Å². The predicted molar refractivity (Wildman–Crippen MR) is 56.0 cm³/mol. The molecule has 0 amide bonds. The molecule has 3 nitrogen and oxygen atoms in total. The summed E-state index contributed by atoms with van der Waals surface area (Å²) in [5, 5.41) is 19.2. The van der Waals surface area contributed by atoms with Gasteiger partial charge in [-0.05, 0) is 17.8 Å². The molecule has 2 N–H and O–H groups in total. The van der Waals surface area contributed by atoms with Gasteiger partial charge in [0.1, 0.15) is 0 Å². The van der Waals surface area contributed by atoms with E-state index < -0.39 is 11.6 Å². The number of aliphatic carboxylic acids is 1. The van der Waals surface area contributed by atoms with Crippen molar-refractivity contribution in [2.45, 2.75) is 46.6 Å². The fraction of sp³-hybridized carbons (Fsp3) is 0.909. The summed E-state index contributed by atoms with van der Waals surface area (Å²) in [6.45, 7) is 9.27. The van der Waals surface area contributed by atoms with Crippen LogP contribution in [0.4, 0.5) is 0 Å². The first-order valence-corrected chi connectivity index (χ1v) is 5.24. The van der Waals surface area contributed by atoms with Crippen LogP contribution in [0.1, 0.15) is 41.0 Å². The van der Waals surface area contributed by atoms with E-state index in [1.807, 2.05) is 20.8 Å². The lowest BCUT2D eigenvalue weighted by atomic mass is 9.73. The van der Waals surface area contributed by atoms with Crippen LogP contribution in [-0.2, 0) is 4.79 Å². The molecule has 0 fully saturated rings. The fourth-order valence-electron chi connectivity index (χ4n) is 1.75. The molecule has 0 radical (unpaired) electrons. The van der Waals surface area contributed by atoms with Crippen molar-refractivity contribution in [2.75, 3.05) is 0 Å². The summed E-state index contributed by atoms with van der Waals surface area (Å²) in [6, 6.07) is 0. The van der Waals surface area contributed by atoms with E-state index in [0.717, 1.165) is 6.42 Å². The summed E-state index contributed by atoms with van der Waals surface area (Å²) < 4.78 is 0. The Kier molecular flexibility index (Phi) is 4.59.